The predicted octanol–water partition coefficient (Wildman–Crippen LogP) is 5.59. The van der Waals surface area contributed by atoms with Gasteiger partial charge in [0.05, 0.1) is 11.9 Å². The van der Waals surface area contributed by atoms with Crippen molar-refractivity contribution in [2.45, 2.75) is 13.5 Å². The van der Waals surface area contributed by atoms with Gasteiger partial charge in [-0.2, -0.15) is 0 Å². The summed E-state index contributed by atoms with van der Waals surface area (Å²) in [4.78, 5) is 21.5. The maximum Gasteiger partial charge on any atom is 0.267 e. The number of rotatable bonds is 6. The van der Waals surface area contributed by atoms with Gasteiger partial charge in [0.15, 0.2) is 12.2 Å². The molecule has 1 N–H and O–H groups in total. The molecule has 2 aromatic carbocycles. The zero-order chi connectivity index (χ0) is 20.2. The Morgan fingerprint density at radius 2 is 1.93 bits per heavy atom. The van der Waals surface area contributed by atoms with E-state index in [1.165, 1.54) is 17.7 Å². The summed E-state index contributed by atoms with van der Waals surface area (Å²) >= 11 is 7.18. The van der Waals surface area contributed by atoms with Gasteiger partial charge in [-0.1, -0.05) is 11.6 Å². The molecule has 0 unspecified atom stereocenters. The number of benzene rings is 2. The highest BCUT2D eigenvalue weighted by molar-refractivity contribution is 7.13. The molecule has 4 aromatic rings. The number of carbonyl (C=O) groups excluding carboxylic acids is 1. The number of nitrogens with zero attached hydrogens (tertiary/aromatic N) is 2. The molecule has 0 spiro atoms. The highest BCUT2D eigenvalue weighted by atomic mass is 35.5. The van der Waals surface area contributed by atoms with Crippen LogP contribution in [0.15, 0.2) is 65.5 Å². The van der Waals surface area contributed by atoms with Crippen molar-refractivity contribution in [1.29, 1.82) is 0 Å². The van der Waals surface area contributed by atoms with Crippen molar-refractivity contribution in [2.24, 2.45) is 0 Å². The van der Waals surface area contributed by atoms with Crippen molar-refractivity contribution in [1.82, 2.24) is 9.97 Å². The van der Waals surface area contributed by atoms with E-state index in [9.17, 15) is 4.79 Å². The average Bonchev–Trinajstić information content (AvgIpc) is 3.38. The van der Waals surface area contributed by atoms with Gasteiger partial charge in [-0.15, -0.1) is 11.3 Å². The molecule has 2 heterocycles. The second kappa shape index (κ2) is 8.46. The van der Waals surface area contributed by atoms with E-state index in [1.807, 2.05) is 31.2 Å². The van der Waals surface area contributed by atoms with Crippen molar-refractivity contribution in [2.75, 3.05) is 5.32 Å². The first kappa shape index (κ1) is 19.2. The van der Waals surface area contributed by atoms with E-state index in [0.717, 1.165) is 10.6 Å². The van der Waals surface area contributed by atoms with Crippen LogP contribution >= 0.6 is 22.9 Å². The van der Waals surface area contributed by atoms with Crippen LogP contribution in [0.4, 0.5) is 5.69 Å². The van der Waals surface area contributed by atoms with Crippen LogP contribution in [-0.2, 0) is 6.61 Å². The third kappa shape index (κ3) is 4.64. The smallest absolute Gasteiger partial charge is 0.267 e. The van der Waals surface area contributed by atoms with Gasteiger partial charge in [0.1, 0.15) is 22.2 Å². The zero-order valence-corrected chi connectivity index (χ0v) is 17.0. The molecule has 6 nitrogen and oxygen atoms in total. The summed E-state index contributed by atoms with van der Waals surface area (Å²) in [6.45, 7) is 2.09. The third-order valence-corrected chi connectivity index (χ3v) is 5.46. The van der Waals surface area contributed by atoms with Crippen molar-refractivity contribution in [3.05, 3.63) is 81.7 Å². The standard InChI is InChI=1S/C21H16ClN3O3S/c1-13-20(29-19(24-13)11-27-17-8-4-15(22)5-9-17)21(26)25-16-6-2-14(3-7-16)18-10-23-12-28-18/h2-10,12H,11H2,1H3,(H,25,26). The average molecular weight is 426 g/mol. The third-order valence-electron chi connectivity index (χ3n) is 4.08. The molecule has 146 valence electrons. The van der Waals surface area contributed by atoms with Gasteiger partial charge in [0, 0.05) is 16.3 Å². The lowest BCUT2D eigenvalue weighted by molar-refractivity contribution is 0.103. The topological polar surface area (TPSA) is 77.2 Å². The highest BCUT2D eigenvalue weighted by Gasteiger charge is 2.16. The quantitative estimate of drug-likeness (QED) is 0.435. The Labute approximate surface area is 176 Å². The number of ether oxygens (including phenoxy) is 1. The summed E-state index contributed by atoms with van der Waals surface area (Å²) < 4.78 is 11.0. The SMILES string of the molecule is Cc1nc(COc2ccc(Cl)cc2)sc1C(=O)Nc1ccc(-c2cnco2)cc1. The molecule has 0 saturated heterocycles. The Hall–Kier alpha value is -3.16. The number of thiazole rings is 1. The van der Waals surface area contributed by atoms with Gasteiger partial charge >= 0.3 is 0 Å². The molecular formula is C21H16ClN3O3S. The van der Waals surface area contributed by atoms with E-state index >= 15 is 0 Å². The van der Waals surface area contributed by atoms with E-state index in [0.29, 0.717) is 32.8 Å². The van der Waals surface area contributed by atoms with Crippen LogP contribution in [0, 0.1) is 6.92 Å². The van der Waals surface area contributed by atoms with Gasteiger partial charge in [-0.25, -0.2) is 9.97 Å². The Morgan fingerprint density at radius 3 is 2.62 bits per heavy atom. The Kier molecular flexibility index (Phi) is 5.59. The largest absolute Gasteiger partial charge is 0.486 e. The van der Waals surface area contributed by atoms with Crippen LogP contribution in [0.5, 0.6) is 5.75 Å². The molecule has 0 aliphatic heterocycles. The minimum atomic E-state index is -0.204. The monoisotopic (exact) mass is 425 g/mol. The molecule has 4 rings (SSSR count). The molecule has 29 heavy (non-hydrogen) atoms. The normalized spacial score (nSPS) is 10.7. The molecular weight excluding hydrogens is 410 g/mol. The summed E-state index contributed by atoms with van der Waals surface area (Å²) in [6, 6.07) is 14.5. The van der Waals surface area contributed by atoms with Crippen molar-refractivity contribution in [3.63, 3.8) is 0 Å². The minimum Gasteiger partial charge on any atom is -0.486 e. The molecule has 8 heteroatoms. The van der Waals surface area contributed by atoms with Crippen LogP contribution in [0.2, 0.25) is 5.02 Å². The Balaban J connectivity index is 1.40. The predicted molar refractivity (Wildman–Crippen MR) is 113 cm³/mol. The van der Waals surface area contributed by atoms with Gasteiger partial charge in [-0.3, -0.25) is 4.79 Å². The van der Waals surface area contributed by atoms with Crippen LogP contribution in [0.3, 0.4) is 0 Å². The Morgan fingerprint density at radius 1 is 1.17 bits per heavy atom. The highest BCUT2D eigenvalue weighted by Crippen LogP contribution is 2.24. The molecule has 1 amide bonds. The number of hydrogen-bond acceptors (Lipinski definition) is 6. The summed E-state index contributed by atoms with van der Waals surface area (Å²) in [7, 11) is 0. The fourth-order valence-corrected chi connectivity index (χ4v) is 3.66. The summed E-state index contributed by atoms with van der Waals surface area (Å²) in [5, 5.41) is 4.27. The lowest BCUT2D eigenvalue weighted by atomic mass is 10.1. The molecule has 0 fully saturated rings. The number of nitrogens with one attached hydrogen (secondary N) is 1. The second-order valence-electron chi connectivity index (χ2n) is 6.16. The summed E-state index contributed by atoms with van der Waals surface area (Å²) in [6.07, 6.45) is 3.02. The van der Waals surface area contributed by atoms with Crippen molar-refractivity contribution in [3.8, 4) is 17.1 Å². The van der Waals surface area contributed by atoms with Gasteiger partial charge in [-0.05, 0) is 55.5 Å². The van der Waals surface area contributed by atoms with Crippen molar-refractivity contribution < 1.29 is 13.9 Å². The number of oxazole rings is 1. The molecule has 0 aliphatic carbocycles. The number of aryl methyl sites for hydroxylation is 1. The van der Waals surface area contributed by atoms with Crippen LogP contribution < -0.4 is 10.1 Å². The molecule has 0 atom stereocenters. The Bertz CT molecular complexity index is 1110. The van der Waals surface area contributed by atoms with Crippen LogP contribution in [0.1, 0.15) is 20.4 Å². The van der Waals surface area contributed by atoms with Crippen LogP contribution in [-0.4, -0.2) is 15.9 Å². The second-order valence-corrected chi connectivity index (χ2v) is 7.68. The number of amides is 1. The van der Waals surface area contributed by atoms with Crippen LogP contribution in [0.25, 0.3) is 11.3 Å². The molecule has 0 saturated carbocycles. The fourth-order valence-electron chi connectivity index (χ4n) is 2.66. The lowest BCUT2D eigenvalue weighted by Crippen LogP contribution is -2.11. The van der Waals surface area contributed by atoms with E-state index in [-0.39, 0.29) is 12.5 Å². The number of carbonyl (C=O) groups is 1. The van der Waals surface area contributed by atoms with E-state index in [2.05, 4.69) is 15.3 Å². The van der Waals surface area contributed by atoms with E-state index in [4.69, 9.17) is 20.8 Å². The number of anilines is 1. The fraction of sp³-hybridized carbons (Fsp3) is 0.0952. The first-order valence-electron chi connectivity index (χ1n) is 8.73. The summed E-state index contributed by atoms with van der Waals surface area (Å²) in [5.74, 6) is 1.16. The molecule has 0 radical (unpaired) electrons. The van der Waals surface area contributed by atoms with E-state index in [1.54, 1.807) is 30.5 Å². The first-order chi connectivity index (χ1) is 14.1. The number of halogens is 1. The van der Waals surface area contributed by atoms with Gasteiger partial charge in [0.2, 0.25) is 0 Å². The minimum absolute atomic E-state index is 0.204. The van der Waals surface area contributed by atoms with Gasteiger partial charge in [0.25, 0.3) is 5.91 Å². The molecule has 0 aliphatic rings. The van der Waals surface area contributed by atoms with Gasteiger partial charge < -0.3 is 14.5 Å². The lowest BCUT2D eigenvalue weighted by Gasteiger charge is -2.05. The molecule has 2 aromatic heterocycles. The maximum absolute atomic E-state index is 12.6. The van der Waals surface area contributed by atoms with Crippen molar-refractivity contribution >= 4 is 34.5 Å². The van der Waals surface area contributed by atoms with E-state index < -0.39 is 0 Å². The molecule has 0 bridgehead atoms. The number of hydrogen-bond donors (Lipinski definition) is 1. The summed E-state index contributed by atoms with van der Waals surface area (Å²) in [5.41, 5.74) is 2.24. The first-order valence-corrected chi connectivity index (χ1v) is 9.93. The zero-order valence-electron chi connectivity index (χ0n) is 15.4. The number of aromatic nitrogens is 2. The maximum atomic E-state index is 12.6.